The fraction of sp³-hybridized carbons (Fsp3) is 0.273. The number of hydrogen-bond acceptors (Lipinski definition) is 6. The number of nitrogens with one attached hydrogen (secondary N) is 1. The number of pyridine rings is 1. The van der Waals surface area contributed by atoms with E-state index in [-0.39, 0.29) is 0 Å². The Kier molecular flexibility index (Phi) is 5.87. The topological polar surface area (TPSA) is 97.3 Å². The highest BCUT2D eigenvalue weighted by atomic mass is 32.2. The monoisotopic (exact) mass is 407 g/mol. The number of benzene rings is 2. The minimum absolute atomic E-state index is 0.440. The SMILES string of the molecule is NCCCNc1cc(N2CCSc3ccccc3C2)nc2ccc(C(N)=O)cc12. The summed E-state index contributed by atoms with van der Waals surface area (Å²) in [6, 6.07) is 16.0. The number of nitrogens with two attached hydrogens (primary N) is 2. The first-order valence-corrected chi connectivity index (χ1v) is 10.8. The minimum atomic E-state index is -0.440. The van der Waals surface area contributed by atoms with E-state index in [0.29, 0.717) is 12.1 Å². The third-order valence-electron chi connectivity index (χ3n) is 5.05. The first-order valence-electron chi connectivity index (χ1n) is 9.80. The number of thioether (sulfide) groups is 1. The predicted molar refractivity (Wildman–Crippen MR) is 121 cm³/mol. The summed E-state index contributed by atoms with van der Waals surface area (Å²) in [6.45, 7) is 3.12. The van der Waals surface area contributed by atoms with Crippen LogP contribution in [0.4, 0.5) is 11.5 Å². The molecular formula is C22H25N5OS. The summed E-state index contributed by atoms with van der Waals surface area (Å²) in [7, 11) is 0. The third kappa shape index (κ3) is 4.31. The van der Waals surface area contributed by atoms with Gasteiger partial charge in [0.05, 0.1) is 5.52 Å². The van der Waals surface area contributed by atoms with Gasteiger partial charge in [0.25, 0.3) is 0 Å². The predicted octanol–water partition coefficient (Wildman–Crippen LogP) is 3.21. The molecule has 1 aromatic heterocycles. The minimum Gasteiger partial charge on any atom is -0.384 e. The van der Waals surface area contributed by atoms with Gasteiger partial charge in [-0.05, 0) is 42.8 Å². The van der Waals surface area contributed by atoms with Crippen molar-refractivity contribution >= 4 is 40.1 Å². The van der Waals surface area contributed by atoms with E-state index in [2.05, 4.69) is 40.5 Å². The molecule has 0 radical (unpaired) electrons. The lowest BCUT2D eigenvalue weighted by Gasteiger charge is -2.23. The van der Waals surface area contributed by atoms with Crippen molar-refractivity contribution in [2.75, 3.05) is 35.6 Å². The molecule has 1 amide bonds. The van der Waals surface area contributed by atoms with Crippen LogP contribution in [0.5, 0.6) is 0 Å². The fourth-order valence-electron chi connectivity index (χ4n) is 3.52. The third-order valence-corrected chi connectivity index (χ3v) is 6.15. The number of amides is 1. The van der Waals surface area contributed by atoms with Crippen molar-refractivity contribution in [3.63, 3.8) is 0 Å². The Morgan fingerprint density at radius 2 is 2.07 bits per heavy atom. The van der Waals surface area contributed by atoms with E-state index in [1.165, 1.54) is 10.5 Å². The summed E-state index contributed by atoms with van der Waals surface area (Å²) < 4.78 is 0. The number of hydrogen-bond donors (Lipinski definition) is 3. The summed E-state index contributed by atoms with van der Waals surface area (Å²) in [5, 5.41) is 4.36. The first-order chi connectivity index (χ1) is 14.2. The van der Waals surface area contributed by atoms with Crippen LogP contribution in [0.15, 0.2) is 53.4 Å². The zero-order valence-corrected chi connectivity index (χ0v) is 17.0. The lowest BCUT2D eigenvalue weighted by atomic mass is 10.1. The van der Waals surface area contributed by atoms with Crippen molar-refractivity contribution in [1.82, 2.24) is 4.98 Å². The molecule has 29 heavy (non-hydrogen) atoms. The maximum absolute atomic E-state index is 11.6. The summed E-state index contributed by atoms with van der Waals surface area (Å²) in [5.74, 6) is 1.50. The molecule has 0 saturated heterocycles. The van der Waals surface area contributed by atoms with Gasteiger partial charge >= 0.3 is 0 Å². The van der Waals surface area contributed by atoms with Gasteiger partial charge in [0.1, 0.15) is 5.82 Å². The molecule has 2 aromatic carbocycles. The molecule has 4 rings (SSSR count). The summed E-state index contributed by atoms with van der Waals surface area (Å²) in [4.78, 5) is 20.2. The molecule has 1 aliphatic rings. The molecule has 0 aliphatic carbocycles. The number of primary amides is 1. The van der Waals surface area contributed by atoms with Crippen LogP contribution >= 0.6 is 11.8 Å². The van der Waals surface area contributed by atoms with Crippen molar-refractivity contribution in [2.24, 2.45) is 11.5 Å². The Hall–Kier alpha value is -2.77. The van der Waals surface area contributed by atoms with Crippen LogP contribution in [0.2, 0.25) is 0 Å². The Bertz CT molecular complexity index is 1040. The Morgan fingerprint density at radius 1 is 1.21 bits per heavy atom. The van der Waals surface area contributed by atoms with Gasteiger partial charge in [-0.15, -0.1) is 11.8 Å². The highest BCUT2D eigenvalue weighted by Crippen LogP contribution is 2.32. The van der Waals surface area contributed by atoms with Crippen LogP contribution in [-0.2, 0) is 6.54 Å². The molecule has 0 spiro atoms. The second-order valence-electron chi connectivity index (χ2n) is 7.07. The van der Waals surface area contributed by atoms with Crippen LogP contribution in [0.25, 0.3) is 10.9 Å². The van der Waals surface area contributed by atoms with Gasteiger partial charge in [0.15, 0.2) is 0 Å². The van der Waals surface area contributed by atoms with E-state index >= 15 is 0 Å². The van der Waals surface area contributed by atoms with Crippen LogP contribution in [0.1, 0.15) is 22.3 Å². The van der Waals surface area contributed by atoms with Crippen molar-refractivity contribution < 1.29 is 4.79 Å². The number of anilines is 2. The molecule has 2 heterocycles. The van der Waals surface area contributed by atoms with Gasteiger partial charge in [-0.3, -0.25) is 4.79 Å². The number of carbonyl (C=O) groups excluding carboxylic acids is 1. The second kappa shape index (κ2) is 8.71. The second-order valence-corrected chi connectivity index (χ2v) is 8.21. The molecule has 0 saturated carbocycles. The van der Waals surface area contributed by atoms with Gasteiger partial charge in [-0.1, -0.05) is 18.2 Å². The van der Waals surface area contributed by atoms with Gasteiger partial charge < -0.3 is 21.7 Å². The number of fused-ring (bicyclic) bond motifs is 2. The highest BCUT2D eigenvalue weighted by Gasteiger charge is 2.18. The van der Waals surface area contributed by atoms with E-state index in [4.69, 9.17) is 16.5 Å². The van der Waals surface area contributed by atoms with Gasteiger partial charge in [0.2, 0.25) is 5.91 Å². The lowest BCUT2D eigenvalue weighted by Crippen LogP contribution is -2.25. The molecule has 5 N–H and O–H groups in total. The maximum Gasteiger partial charge on any atom is 0.248 e. The van der Waals surface area contributed by atoms with Crippen LogP contribution in [0, 0.1) is 0 Å². The lowest BCUT2D eigenvalue weighted by molar-refractivity contribution is 0.100. The molecule has 0 fully saturated rings. The average molecular weight is 408 g/mol. The number of carbonyl (C=O) groups is 1. The highest BCUT2D eigenvalue weighted by molar-refractivity contribution is 7.99. The Labute approximate surface area is 174 Å². The molecule has 3 aromatic rings. The average Bonchev–Trinajstić information content (AvgIpc) is 2.96. The first kappa shape index (κ1) is 19.5. The number of nitrogens with zero attached hydrogens (tertiary/aromatic N) is 2. The van der Waals surface area contributed by atoms with Crippen molar-refractivity contribution in [3.05, 3.63) is 59.7 Å². The summed E-state index contributed by atoms with van der Waals surface area (Å²) in [5.41, 5.74) is 14.7. The molecule has 150 valence electrons. The van der Waals surface area contributed by atoms with E-state index in [0.717, 1.165) is 54.2 Å². The normalized spacial score (nSPS) is 13.8. The Balaban J connectivity index is 1.74. The van der Waals surface area contributed by atoms with Crippen molar-refractivity contribution in [2.45, 2.75) is 17.9 Å². The molecule has 0 unspecified atom stereocenters. The summed E-state index contributed by atoms with van der Waals surface area (Å²) in [6.07, 6.45) is 0.863. The van der Waals surface area contributed by atoms with Crippen molar-refractivity contribution in [3.8, 4) is 0 Å². The van der Waals surface area contributed by atoms with Crippen molar-refractivity contribution in [1.29, 1.82) is 0 Å². The fourth-order valence-corrected chi connectivity index (χ4v) is 4.54. The number of rotatable bonds is 6. The largest absolute Gasteiger partial charge is 0.384 e. The van der Waals surface area contributed by atoms with E-state index in [1.54, 1.807) is 6.07 Å². The van der Waals surface area contributed by atoms with E-state index < -0.39 is 5.91 Å². The van der Waals surface area contributed by atoms with E-state index in [9.17, 15) is 4.79 Å². The van der Waals surface area contributed by atoms with Crippen LogP contribution in [0.3, 0.4) is 0 Å². The maximum atomic E-state index is 11.6. The molecule has 0 bridgehead atoms. The van der Waals surface area contributed by atoms with Gasteiger partial charge in [-0.2, -0.15) is 0 Å². The van der Waals surface area contributed by atoms with E-state index in [1.807, 2.05) is 23.9 Å². The zero-order chi connectivity index (χ0) is 20.2. The summed E-state index contributed by atoms with van der Waals surface area (Å²) >= 11 is 1.89. The molecule has 6 nitrogen and oxygen atoms in total. The number of aromatic nitrogens is 1. The molecule has 1 aliphatic heterocycles. The molecular weight excluding hydrogens is 382 g/mol. The smallest absolute Gasteiger partial charge is 0.248 e. The standard InChI is InChI=1S/C22H25N5OS/c23-8-3-9-25-19-13-21(26-18-7-6-15(22(24)28)12-17(18)19)27-10-11-29-20-5-2-1-4-16(20)14-27/h1-2,4-7,12-13H,3,8-11,14,23H2,(H2,24,28)(H,25,26). The van der Waals surface area contributed by atoms with Gasteiger partial charge in [-0.25, -0.2) is 4.98 Å². The zero-order valence-electron chi connectivity index (χ0n) is 16.2. The van der Waals surface area contributed by atoms with Crippen LogP contribution < -0.4 is 21.7 Å². The van der Waals surface area contributed by atoms with Crippen LogP contribution in [-0.4, -0.2) is 36.3 Å². The van der Waals surface area contributed by atoms with Gasteiger partial charge in [0, 0.05) is 53.0 Å². The molecule has 7 heteroatoms. The quantitative estimate of drug-likeness (QED) is 0.543. The Morgan fingerprint density at radius 3 is 2.90 bits per heavy atom. The molecule has 0 atom stereocenters.